The molecule has 2 aliphatic rings. The third kappa shape index (κ3) is 3.27. The molecule has 0 aromatic carbocycles. The Balaban J connectivity index is 1.84. The first-order chi connectivity index (χ1) is 9.23. The largest absolute Gasteiger partial charge is 0.444 e. The van der Waals surface area contributed by atoms with Crippen molar-refractivity contribution >= 4 is 6.09 Å². The molecule has 0 radical (unpaired) electrons. The van der Waals surface area contributed by atoms with Crippen molar-refractivity contribution in [3.63, 3.8) is 0 Å². The lowest BCUT2D eigenvalue weighted by molar-refractivity contribution is -0.0620. The van der Waals surface area contributed by atoms with Gasteiger partial charge in [-0.05, 0) is 52.5 Å². The first kappa shape index (κ1) is 15.6. The first-order valence-corrected chi connectivity index (χ1v) is 7.96. The first-order valence-electron chi connectivity index (χ1n) is 7.96. The molecule has 0 aromatic heterocycles. The van der Waals surface area contributed by atoms with Gasteiger partial charge in [0, 0.05) is 17.5 Å². The summed E-state index contributed by atoms with van der Waals surface area (Å²) in [6.07, 6.45) is 4.50. The van der Waals surface area contributed by atoms with E-state index in [4.69, 9.17) is 4.74 Å². The molecule has 2 rings (SSSR count). The van der Waals surface area contributed by atoms with E-state index in [1.165, 1.54) is 19.3 Å². The summed E-state index contributed by atoms with van der Waals surface area (Å²) < 4.78 is 5.37. The Kier molecular flexibility index (Phi) is 4.33. The predicted molar refractivity (Wildman–Crippen MR) is 80.7 cm³/mol. The monoisotopic (exact) mass is 282 g/mol. The van der Waals surface area contributed by atoms with Gasteiger partial charge in [-0.15, -0.1) is 0 Å². The van der Waals surface area contributed by atoms with E-state index in [2.05, 4.69) is 24.5 Å². The number of carbonyl (C=O) groups is 1. The summed E-state index contributed by atoms with van der Waals surface area (Å²) >= 11 is 0. The molecule has 0 bridgehead atoms. The molecule has 0 heterocycles. The number of ether oxygens (including phenoxy) is 1. The highest BCUT2D eigenvalue weighted by Gasteiger charge is 2.58. The SMILES string of the molecule is CC(C)CNC1CC(NC(=O)OC(C)(C)C)C12CCC2. The molecule has 2 atom stereocenters. The van der Waals surface area contributed by atoms with Crippen molar-refractivity contribution in [2.75, 3.05) is 6.54 Å². The average Bonchev–Trinajstić information content (AvgIpc) is 2.16. The lowest BCUT2D eigenvalue weighted by Gasteiger charge is -2.61. The van der Waals surface area contributed by atoms with Gasteiger partial charge in [-0.1, -0.05) is 20.3 Å². The molecule has 1 amide bonds. The molecule has 2 unspecified atom stereocenters. The number of carbonyl (C=O) groups excluding carboxylic acids is 1. The van der Waals surface area contributed by atoms with Crippen molar-refractivity contribution in [3.8, 4) is 0 Å². The standard InChI is InChI=1S/C16H30N2O2/c1-11(2)10-17-12-9-13(16(12)7-6-8-16)18-14(19)20-15(3,4)5/h11-13,17H,6-10H2,1-5H3,(H,18,19). The Morgan fingerprint density at radius 1 is 1.30 bits per heavy atom. The van der Waals surface area contributed by atoms with Crippen molar-refractivity contribution in [2.45, 2.75) is 78.0 Å². The van der Waals surface area contributed by atoms with Gasteiger partial charge in [0.1, 0.15) is 5.60 Å². The zero-order valence-electron chi connectivity index (χ0n) is 13.6. The zero-order valence-corrected chi connectivity index (χ0v) is 13.6. The van der Waals surface area contributed by atoms with Crippen molar-refractivity contribution in [1.29, 1.82) is 0 Å². The lowest BCUT2D eigenvalue weighted by Crippen LogP contribution is -2.71. The predicted octanol–water partition coefficient (Wildman–Crippen LogP) is 3.07. The van der Waals surface area contributed by atoms with Gasteiger partial charge >= 0.3 is 6.09 Å². The fraction of sp³-hybridized carbons (Fsp3) is 0.938. The molecule has 116 valence electrons. The van der Waals surface area contributed by atoms with Crippen LogP contribution in [0.3, 0.4) is 0 Å². The average molecular weight is 282 g/mol. The number of nitrogens with one attached hydrogen (secondary N) is 2. The number of rotatable bonds is 4. The molecule has 4 heteroatoms. The van der Waals surface area contributed by atoms with Crippen LogP contribution >= 0.6 is 0 Å². The van der Waals surface area contributed by atoms with E-state index in [9.17, 15) is 4.79 Å². The highest BCUT2D eigenvalue weighted by atomic mass is 16.6. The molecule has 2 N–H and O–H groups in total. The minimum atomic E-state index is -0.421. The van der Waals surface area contributed by atoms with Gasteiger partial charge in [-0.2, -0.15) is 0 Å². The molecule has 2 saturated carbocycles. The molecular weight excluding hydrogens is 252 g/mol. The van der Waals surface area contributed by atoms with E-state index in [0.717, 1.165) is 13.0 Å². The van der Waals surface area contributed by atoms with E-state index in [-0.39, 0.29) is 12.1 Å². The number of hydrogen-bond donors (Lipinski definition) is 2. The second-order valence-corrected chi connectivity index (χ2v) is 7.88. The van der Waals surface area contributed by atoms with Crippen molar-refractivity contribution < 1.29 is 9.53 Å². The maximum absolute atomic E-state index is 11.9. The lowest BCUT2D eigenvalue weighted by atomic mass is 9.50. The summed E-state index contributed by atoms with van der Waals surface area (Å²) in [7, 11) is 0. The number of hydrogen-bond acceptors (Lipinski definition) is 3. The normalized spacial score (nSPS) is 27.9. The highest BCUT2D eigenvalue weighted by molar-refractivity contribution is 5.68. The van der Waals surface area contributed by atoms with Crippen LogP contribution < -0.4 is 10.6 Å². The molecular formula is C16H30N2O2. The maximum atomic E-state index is 11.9. The zero-order chi connectivity index (χ0) is 15.0. The summed E-state index contributed by atoms with van der Waals surface area (Å²) in [4.78, 5) is 11.9. The number of amides is 1. The van der Waals surface area contributed by atoms with Crippen LogP contribution in [-0.4, -0.2) is 30.3 Å². The molecule has 0 saturated heterocycles. The Morgan fingerprint density at radius 2 is 1.95 bits per heavy atom. The summed E-state index contributed by atoms with van der Waals surface area (Å²) in [5, 5.41) is 6.75. The van der Waals surface area contributed by atoms with Crippen LogP contribution in [0.2, 0.25) is 0 Å². The van der Waals surface area contributed by atoms with Gasteiger partial charge < -0.3 is 15.4 Å². The van der Waals surface area contributed by atoms with Crippen LogP contribution in [0.4, 0.5) is 4.79 Å². The van der Waals surface area contributed by atoms with Gasteiger partial charge in [0.05, 0.1) is 0 Å². The van der Waals surface area contributed by atoms with Gasteiger partial charge in [0.15, 0.2) is 0 Å². The highest BCUT2D eigenvalue weighted by Crippen LogP contribution is 2.56. The van der Waals surface area contributed by atoms with Crippen LogP contribution in [0.5, 0.6) is 0 Å². The van der Waals surface area contributed by atoms with Crippen LogP contribution in [0.25, 0.3) is 0 Å². The molecule has 0 aliphatic heterocycles. The van der Waals surface area contributed by atoms with Crippen LogP contribution in [0, 0.1) is 11.3 Å². The van der Waals surface area contributed by atoms with Gasteiger partial charge in [-0.3, -0.25) is 0 Å². The van der Waals surface area contributed by atoms with E-state index in [1.807, 2.05) is 20.8 Å². The van der Waals surface area contributed by atoms with Gasteiger partial charge in [0.25, 0.3) is 0 Å². The molecule has 20 heavy (non-hydrogen) atoms. The second kappa shape index (κ2) is 5.55. The summed E-state index contributed by atoms with van der Waals surface area (Å²) in [6.45, 7) is 11.2. The summed E-state index contributed by atoms with van der Waals surface area (Å²) in [6, 6.07) is 0.856. The topological polar surface area (TPSA) is 50.4 Å². The molecule has 0 aromatic rings. The van der Waals surface area contributed by atoms with E-state index >= 15 is 0 Å². The van der Waals surface area contributed by atoms with E-state index < -0.39 is 5.60 Å². The van der Waals surface area contributed by atoms with Crippen molar-refractivity contribution in [1.82, 2.24) is 10.6 Å². The Hall–Kier alpha value is -0.770. The molecule has 2 fully saturated rings. The van der Waals surface area contributed by atoms with Crippen LogP contribution in [0.1, 0.15) is 60.3 Å². The quantitative estimate of drug-likeness (QED) is 0.833. The Labute approximate surface area is 123 Å². The van der Waals surface area contributed by atoms with Crippen LogP contribution in [0.15, 0.2) is 0 Å². The maximum Gasteiger partial charge on any atom is 0.407 e. The Bertz CT molecular complexity index is 356. The summed E-state index contributed by atoms with van der Waals surface area (Å²) in [5.74, 6) is 0.671. The Morgan fingerprint density at radius 3 is 2.40 bits per heavy atom. The van der Waals surface area contributed by atoms with Gasteiger partial charge in [-0.25, -0.2) is 4.79 Å². The van der Waals surface area contributed by atoms with Crippen molar-refractivity contribution in [2.24, 2.45) is 11.3 Å². The molecule has 2 aliphatic carbocycles. The minimum Gasteiger partial charge on any atom is -0.444 e. The molecule has 4 nitrogen and oxygen atoms in total. The minimum absolute atomic E-state index is 0.268. The fourth-order valence-corrected chi connectivity index (χ4v) is 3.39. The van der Waals surface area contributed by atoms with E-state index in [0.29, 0.717) is 17.4 Å². The summed E-state index contributed by atoms with van der Waals surface area (Å²) in [5.41, 5.74) is -0.123. The van der Waals surface area contributed by atoms with E-state index in [1.54, 1.807) is 0 Å². The fourth-order valence-electron chi connectivity index (χ4n) is 3.39. The third-order valence-electron chi connectivity index (χ3n) is 4.61. The second-order valence-electron chi connectivity index (χ2n) is 7.88. The smallest absolute Gasteiger partial charge is 0.407 e. The third-order valence-corrected chi connectivity index (χ3v) is 4.61. The molecule has 1 spiro atoms. The van der Waals surface area contributed by atoms with Crippen molar-refractivity contribution in [3.05, 3.63) is 0 Å². The van der Waals surface area contributed by atoms with Crippen LogP contribution in [-0.2, 0) is 4.74 Å². The van der Waals surface area contributed by atoms with Gasteiger partial charge in [0.2, 0.25) is 0 Å². The number of alkyl carbamates (subject to hydrolysis) is 1.